The summed E-state index contributed by atoms with van der Waals surface area (Å²) in [5.74, 6) is -1.67. The number of rotatable bonds is 15. The van der Waals surface area contributed by atoms with Crippen LogP contribution in [-0.4, -0.2) is 5.98 Å². The van der Waals surface area contributed by atoms with Gasteiger partial charge in [0.25, 0.3) is 0 Å². The van der Waals surface area contributed by atoms with E-state index >= 15 is 0 Å². The molecular formula is C52H69Cl2HfSi. The van der Waals surface area contributed by atoms with Gasteiger partial charge in [0.15, 0.2) is 0 Å². The van der Waals surface area contributed by atoms with Crippen LogP contribution in [0.25, 0.3) is 34.4 Å². The van der Waals surface area contributed by atoms with Crippen LogP contribution in [-0.2, 0) is 26.1 Å². The Balaban J connectivity index is 1.54. The topological polar surface area (TPSA) is 0 Å². The predicted octanol–water partition coefficient (Wildman–Crippen LogP) is 17.1. The van der Waals surface area contributed by atoms with Crippen LogP contribution in [0.4, 0.5) is 0 Å². The van der Waals surface area contributed by atoms with Crippen LogP contribution in [0, 0.1) is 0 Å². The first-order chi connectivity index (χ1) is 26.5. The maximum absolute atomic E-state index is 8.97. The molecule has 0 N–H and O–H groups in total. The molecule has 0 fully saturated rings. The molecule has 2 aliphatic carbocycles. The van der Waals surface area contributed by atoms with Crippen molar-refractivity contribution in [3.63, 3.8) is 0 Å². The molecule has 4 heteroatoms. The summed E-state index contributed by atoms with van der Waals surface area (Å²) in [5, 5.41) is 0. The Morgan fingerprint density at radius 1 is 0.518 bits per heavy atom. The minimum atomic E-state index is -5.11. The average Bonchev–Trinajstić information content (AvgIpc) is 3.74. The molecule has 0 nitrogen and oxygen atoms in total. The summed E-state index contributed by atoms with van der Waals surface area (Å²) in [6.07, 6.45) is 17.2. The molecule has 0 saturated carbocycles. The number of hydrogen-bond donors (Lipinski definition) is 0. The van der Waals surface area contributed by atoms with Gasteiger partial charge in [0.2, 0.25) is 0 Å². The molecule has 4 aromatic carbocycles. The molecule has 2 unspecified atom stereocenters. The molecule has 299 valence electrons. The number of benzene rings is 4. The summed E-state index contributed by atoms with van der Waals surface area (Å²) in [5.41, 5.74) is 16.7. The van der Waals surface area contributed by atoms with E-state index in [4.69, 9.17) is 17.2 Å². The van der Waals surface area contributed by atoms with Gasteiger partial charge in [-0.1, -0.05) is 0 Å². The van der Waals surface area contributed by atoms with Gasteiger partial charge >= 0.3 is 353 Å². The molecule has 2 aliphatic rings. The summed E-state index contributed by atoms with van der Waals surface area (Å²) < 4.78 is 0.245. The van der Waals surface area contributed by atoms with Crippen LogP contribution < -0.4 is 0 Å². The Labute approximate surface area is 350 Å². The van der Waals surface area contributed by atoms with Gasteiger partial charge in [-0.15, -0.1) is 0 Å². The molecule has 0 heterocycles. The quantitative estimate of drug-likeness (QED) is 0.0823. The zero-order valence-electron chi connectivity index (χ0n) is 36.3. The van der Waals surface area contributed by atoms with Crippen LogP contribution in [0.3, 0.4) is 0 Å². The Morgan fingerprint density at radius 3 is 1.21 bits per heavy atom. The molecule has 4 aromatic rings. The Morgan fingerprint density at radius 2 is 0.893 bits per heavy atom. The molecule has 0 aliphatic heterocycles. The third-order valence-corrected chi connectivity index (χ3v) is 86.1. The maximum atomic E-state index is 8.97. The van der Waals surface area contributed by atoms with Gasteiger partial charge in [-0.25, -0.2) is 0 Å². The Hall–Kier alpha value is -1.97. The second-order valence-electron chi connectivity index (χ2n) is 19.6. The van der Waals surface area contributed by atoms with E-state index in [1.807, 2.05) is 0 Å². The van der Waals surface area contributed by atoms with Gasteiger partial charge in [0.1, 0.15) is 0 Å². The third kappa shape index (κ3) is 8.53. The van der Waals surface area contributed by atoms with Crippen LogP contribution in [0.15, 0.2) is 96.1 Å². The van der Waals surface area contributed by atoms with E-state index in [1.54, 1.807) is 0 Å². The number of unbranched alkanes of at least 4 members (excludes halogenated alkanes) is 6. The third-order valence-electron chi connectivity index (χ3n) is 13.3. The van der Waals surface area contributed by atoms with Crippen molar-refractivity contribution in [2.24, 2.45) is 0 Å². The summed E-state index contributed by atoms with van der Waals surface area (Å²) in [7, 11) is 17.9. The SMILES string of the molecule is CCCCCCC1=Cc2c(-c3ccc(C(C)(C)C)cc3)cccc2[CH]1[Hf]([Cl])([Cl])([CH]1C(CCCCCC)=Cc2c(-c3ccc(C(C)(C)C)cc3)cccc21)[SiH](C)C. The first-order valence-corrected chi connectivity index (χ1v) is 44.1. The Kier molecular flexibility index (Phi) is 13.5. The van der Waals surface area contributed by atoms with Crippen molar-refractivity contribution in [1.82, 2.24) is 0 Å². The van der Waals surface area contributed by atoms with Crippen molar-refractivity contribution >= 4 is 35.3 Å². The van der Waals surface area contributed by atoms with Crippen LogP contribution in [0.1, 0.15) is 160 Å². The fraction of sp³-hybridized carbons (Fsp3) is 0.462. The molecule has 56 heavy (non-hydrogen) atoms. The molecule has 6 rings (SSSR count). The van der Waals surface area contributed by atoms with Crippen LogP contribution in [0.2, 0.25) is 13.1 Å². The van der Waals surface area contributed by atoms with Gasteiger partial charge < -0.3 is 0 Å². The van der Waals surface area contributed by atoms with E-state index in [9.17, 15) is 0 Å². The second kappa shape index (κ2) is 17.3. The molecule has 0 radical (unpaired) electrons. The first-order valence-electron chi connectivity index (χ1n) is 22.0. The van der Waals surface area contributed by atoms with Crippen molar-refractivity contribution < 1.29 is 15.3 Å². The molecular weight excluding hydrogens is 902 g/mol. The van der Waals surface area contributed by atoms with E-state index in [2.05, 4.69) is 166 Å². The standard InChI is InChI=1S/2C25H31.C2H7Si.2ClH.Hf/c2*1-5-6-7-8-10-19-17-21-11-9-12-23(24(21)18-19)20-13-15-22(16-14-20)25(2,3)4;1-3-2;;;/h2*9,11-18H,5-8,10H2,1-4H3;3H,1-2H3;2*1H;/q;;;;;+2/p-2. The normalized spacial score (nSPS) is 17.7. The van der Waals surface area contributed by atoms with Gasteiger partial charge in [0, 0.05) is 0 Å². The van der Waals surface area contributed by atoms with Crippen molar-refractivity contribution in [2.45, 2.75) is 151 Å². The number of fused-ring (bicyclic) bond motifs is 2. The van der Waals surface area contributed by atoms with Crippen LogP contribution in [0.5, 0.6) is 0 Å². The molecule has 0 spiro atoms. The van der Waals surface area contributed by atoms with E-state index < -0.39 is 21.3 Å². The zero-order valence-corrected chi connectivity index (χ0v) is 42.6. The van der Waals surface area contributed by atoms with Crippen LogP contribution >= 0.6 is 17.2 Å². The second-order valence-corrected chi connectivity index (χ2v) is 78.9. The van der Waals surface area contributed by atoms with Gasteiger partial charge in [-0.3, -0.25) is 0 Å². The summed E-state index contributed by atoms with van der Waals surface area (Å²) >= 11 is -5.11. The first kappa shape index (κ1) is 43.6. The summed E-state index contributed by atoms with van der Waals surface area (Å²) in [6, 6.07) is 32.7. The predicted molar refractivity (Wildman–Crippen MR) is 251 cm³/mol. The molecule has 2 atom stereocenters. The monoisotopic (exact) mass is 971 g/mol. The van der Waals surface area contributed by atoms with Crippen molar-refractivity contribution in [3.05, 3.63) is 129 Å². The zero-order chi connectivity index (χ0) is 40.5. The minimum absolute atomic E-state index is 0.114. The van der Waals surface area contributed by atoms with Crippen molar-refractivity contribution in [2.75, 3.05) is 0 Å². The fourth-order valence-electron chi connectivity index (χ4n) is 9.81. The van der Waals surface area contributed by atoms with Crippen molar-refractivity contribution in [1.29, 1.82) is 0 Å². The van der Waals surface area contributed by atoms with E-state index in [-0.39, 0.29) is 18.2 Å². The van der Waals surface area contributed by atoms with E-state index in [1.165, 1.54) is 118 Å². The van der Waals surface area contributed by atoms with Gasteiger partial charge in [0.05, 0.1) is 0 Å². The Bertz CT molecular complexity index is 1910. The summed E-state index contributed by atoms with van der Waals surface area (Å²) in [4.78, 5) is 0. The summed E-state index contributed by atoms with van der Waals surface area (Å²) in [6.45, 7) is 23.4. The molecule has 0 bridgehead atoms. The number of allylic oxidation sites excluding steroid dienone is 2. The van der Waals surface area contributed by atoms with E-state index in [0.717, 1.165) is 12.8 Å². The van der Waals surface area contributed by atoms with Gasteiger partial charge in [-0.2, -0.15) is 0 Å². The van der Waals surface area contributed by atoms with Crippen molar-refractivity contribution in [3.8, 4) is 22.3 Å². The number of halogens is 2. The molecule has 0 aromatic heterocycles. The van der Waals surface area contributed by atoms with E-state index in [0.29, 0.717) is 0 Å². The van der Waals surface area contributed by atoms with Gasteiger partial charge in [-0.05, 0) is 0 Å². The fourth-order valence-corrected chi connectivity index (χ4v) is 54.4. The number of hydrogen-bond acceptors (Lipinski definition) is 0. The average molecular weight is 972 g/mol. The molecule has 0 amide bonds. The molecule has 0 saturated heterocycles.